The lowest BCUT2D eigenvalue weighted by Gasteiger charge is -2.19. The van der Waals surface area contributed by atoms with Crippen LogP contribution in [0.5, 0.6) is 0 Å². The Morgan fingerprint density at radius 1 is 0.613 bits per heavy atom. The highest BCUT2D eigenvalue weighted by molar-refractivity contribution is 7.90. The summed E-state index contributed by atoms with van der Waals surface area (Å²) >= 11 is 0. The second kappa shape index (κ2) is 17.1. The molecule has 62 heavy (non-hydrogen) atoms. The average Bonchev–Trinajstić information content (AvgIpc) is 4.07. The number of nitrogens with zero attached hydrogens (tertiary/aromatic N) is 12. The summed E-state index contributed by atoms with van der Waals surface area (Å²) in [4.78, 5) is 34.7. The second-order valence-corrected chi connectivity index (χ2v) is 16.9. The maximum absolute atomic E-state index is 13.8. The van der Waals surface area contributed by atoms with Gasteiger partial charge in [-0.3, -0.25) is 28.9 Å². The average molecular weight is 913 g/mol. The maximum atomic E-state index is 13.8. The summed E-state index contributed by atoms with van der Waals surface area (Å²) in [5, 5.41) is 34.6. The van der Waals surface area contributed by atoms with Crippen LogP contribution >= 0.6 is 0 Å². The number of rotatable bonds is 12. The van der Waals surface area contributed by atoms with Crippen LogP contribution in [0.2, 0.25) is 0 Å². The predicted molar refractivity (Wildman–Crippen MR) is 193 cm³/mol. The van der Waals surface area contributed by atoms with E-state index in [1.54, 1.807) is 0 Å². The third kappa shape index (κ3) is 8.79. The van der Waals surface area contributed by atoms with E-state index in [-0.39, 0.29) is 37.6 Å². The summed E-state index contributed by atoms with van der Waals surface area (Å²) in [7, 11) is -8.44. The van der Waals surface area contributed by atoms with Crippen molar-refractivity contribution in [2.75, 3.05) is 0 Å². The molecule has 0 aromatic carbocycles. The van der Waals surface area contributed by atoms with Crippen molar-refractivity contribution in [2.45, 2.75) is 74.4 Å². The topological polar surface area (TPSA) is 246 Å². The van der Waals surface area contributed by atoms with Crippen LogP contribution < -0.4 is 0 Å². The van der Waals surface area contributed by atoms with Crippen LogP contribution in [0.1, 0.15) is 46.1 Å². The van der Waals surface area contributed by atoms with Crippen molar-refractivity contribution in [3.05, 3.63) is 119 Å². The molecule has 0 aliphatic carbocycles. The van der Waals surface area contributed by atoms with Gasteiger partial charge in [-0.1, -0.05) is 0 Å². The van der Waals surface area contributed by atoms with E-state index in [1.165, 1.54) is 46.7 Å². The number of carbonyl (C=O) groups is 2. The van der Waals surface area contributed by atoms with E-state index < -0.39 is 103 Å². The number of alkyl halides is 4. The van der Waals surface area contributed by atoms with Crippen LogP contribution in [0.3, 0.4) is 0 Å². The van der Waals surface area contributed by atoms with Crippen LogP contribution in [-0.4, -0.2) is 109 Å². The van der Waals surface area contributed by atoms with Gasteiger partial charge in [-0.2, -0.15) is 45.4 Å². The zero-order valence-electron chi connectivity index (χ0n) is 31.3. The molecule has 8 heterocycles. The molecule has 2 atom stereocenters. The largest absolute Gasteiger partial charge is 0.377 e. The van der Waals surface area contributed by atoms with E-state index >= 15 is 0 Å². The smallest absolute Gasteiger partial charge is 0.302 e. The van der Waals surface area contributed by atoms with Gasteiger partial charge in [0.1, 0.15) is 36.1 Å². The van der Waals surface area contributed by atoms with E-state index in [2.05, 4.69) is 30.4 Å². The molecular formula is C34H30F6N12O8S2. The number of carbonyl (C=O) groups excluding carboxylic acids is 2. The van der Waals surface area contributed by atoms with Gasteiger partial charge in [0.25, 0.3) is 24.7 Å². The Bertz CT molecular complexity index is 2630. The van der Waals surface area contributed by atoms with Gasteiger partial charge in [0.15, 0.2) is 22.3 Å². The van der Waals surface area contributed by atoms with Crippen molar-refractivity contribution >= 4 is 31.9 Å². The zero-order valence-corrected chi connectivity index (χ0v) is 32.9. The van der Waals surface area contributed by atoms with Crippen LogP contribution in [0, 0.1) is 11.6 Å². The van der Waals surface area contributed by atoms with Gasteiger partial charge in [0.2, 0.25) is 0 Å². The molecule has 0 saturated heterocycles. The molecule has 0 unspecified atom stereocenters. The number of aliphatic hydroxyl groups excluding tert-OH is 2. The number of hydrogen-bond acceptors (Lipinski definition) is 14. The first-order chi connectivity index (χ1) is 29.3. The van der Waals surface area contributed by atoms with Crippen molar-refractivity contribution in [1.29, 1.82) is 0 Å². The van der Waals surface area contributed by atoms with E-state index in [0.717, 1.165) is 46.0 Å². The molecule has 328 valence electrons. The van der Waals surface area contributed by atoms with Gasteiger partial charge in [-0.25, -0.2) is 26.3 Å². The number of aliphatic hydroxyl groups is 2. The maximum Gasteiger partial charge on any atom is 0.302 e. The molecule has 6 aromatic rings. The van der Waals surface area contributed by atoms with E-state index in [0.29, 0.717) is 19.3 Å². The summed E-state index contributed by atoms with van der Waals surface area (Å²) in [6, 6.07) is 6.93. The van der Waals surface area contributed by atoms with Gasteiger partial charge in [0.05, 0.1) is 24.5 Å². The summed E-state index contributed by atoms with van der Waals surface area (Å²) in [5.74, 6) is -3.28. The molecule has 2 N–H and O–H groups in total. The molecule has 28 heteroatoms. The monoisotopic (exact) mass is 912 g/mol. The first-order valence-corrected chi connectivity index (χ1v) is 20.6. The molecule has 2 aliphatic heterocycles. The fraction of sp³-hybridized carbons (Fsp3) is 0.294. The van der Waals surface area contributed by atoms with Crippen molar-refractivity contribution in [3.8, 4) is 0 Å². The molecule has 6 aromatic heterocycles. The van der Waals surface area contributed by atoms with Gasteiger partial charge in [-0.05, 0) is 36.4 Å². The molecule has 0 spiro atoms. The molecule has 2 aliphatic rings. The Morgan fingerprint density at radius 3 is 1.34 bits per heavy atom. The first kappa shape index (κ1) is 43.6. The molecule has 8 rings (SSSR count). The third-order valence-corrected chi connectivity index (χ3v) is 12.1. The normalized spacial score (nSPS) is 14.8. The van der Waals surface area contributed by atoms with E-state index in [4.69, 9.17) is 0 Å². The van der Waals surface area contributed by atoms with Gasteiger partial charge in [-0.15, -0.1) is 0 Å². The number of pyridine rings is 2. The van der Waals surface area contributed by atoms with Crippen LogP contribution in [-0.2, 0) is 68.9 Å². The Balaban J connectivity index is 0.000000186. The minimum Gasteiger partial charge on any atom is -0.377 e. The second-order valence-electron chi connectivity index (χ2n) is 13.4. The molecule has 0 fully saturated rings. The molecule has 20 nitrogen and oxygen atoms in total. The lowest BCUT2D eigenvalue weighted by Crippen LogP contribution is -2.32. The Labute approximate surface area is 345 Å². The van der Waals surface area contributed by atoms with Crippen LogP contribution in [0.15, 0.2) is 83.6 Å². The lowest BCUT2D eigenvalue weighted by molar-refractivity contribution is -0.142. The zero-order chi connectivity index (χ0) is 44.7. The van der Waals surface area contributed by atoms with E-state index in [1.807, 2.05) is 0 Å². The number of amides is 2. The van der Waals surface area contributed by atoms with E-state index in [9.17, 15) is 63.0 Å². The number of aromatic nitrogens is 10. The van der Waals surface area contributed by atoms with Crippen LogP contribution in [0.4, 0.5) is 26.3 Å². The first-order valence-electron chi connectivity index (χ1n) is 17.8. The Morgan fingerprint density at radius 2 is 1.00 bits per heavy atom. The highest BCUT2D eigenvalue weighted by Gasteiger charge is 2.36. The van der Waals surface area contributed by atoms with Crippen molar-refractivity contribution in [2.24, 2.45) is 0 Å². The molecule has 0 radical (unpaired) electrons. The fourth-order valence-corrected chi connectivity index (χ4v) is 8.44. The van der Waals surface area contributed by atoms with Gasteiger partial charge in [0, 0.05) is 61.4 Å². The van der Waals surface area contributed by atoms with Gasteiger partial charge >= 0.3 is 20.0 Å². The summed E-state index contributed by atoms with van der Waals surface area (Å²) in [6.45, 7) is -1.84. The SMILES string of the molecule is O=C([C@@H](O)c1ncccc1F)N1Cc2cn(S(=O)(=O)c3ccn(CC(F)F)n3)nc2C1.O=C([C@H](O)c1ncccc1F)N1Cc2cn(S(=O)(=O)c3ccn(CC(F)F)n3)nc2C1. The number of halogens is 6. The summed E-state index contributed by atoms with van der Waals surface area (Å²) in [6.07, 6.45) is -1.94. The Kier molecular flexibility index (Phi) is 12.0. The van der Waals surface area contributed by atoms with Crippen molar-refractivity contribution < 1.29 is 63.0 Å². The minimum absolute atomic E-state index is 0.0605. The summed E-state index contributed by atoms with van der Waals surface area (Å²) in [5.41, 5.74) is 0.499. The molecule has 0 bridgehead atoms. The summed E-state index contributed by atoms with van der Waals surface area (Å²) < 4.78 is 131. The van der Waals surface area contributed by atoms with Gasteiger partial charge < -0.3 is 20.0 Å². The lowest BCUT2D eigenvalue weighted by atomic mass is 10.2. The molecule has 0 saturated carbocycles. The minimum atomic E-state index is -4.22. The standard InChI is InChI=1S/2C17H15F3N6O4S/c2*18-11-2-1-4-21-15(11)16(27)17(28)24-6-10-7-26(22-12(10)8-24)31(29,30)14-3-5-25(23-14)9-13(19)20/h2*1-5,7,13,16,27H,6,8-9H2/t2*16-/m10/s1. The van der Waals surface area contributed by atoms with Crippen molar-refractivity contribution in [3.63, 3.8) is 0 Å². The molecule has 2 amide bonds. The quantitative estimate of drug-likeness (QED) is 0.165. The number of hydrogen-bond donors (Lipinski definition) is 2. The fourth-order valence-electron chi connectivity index (χ4n) is 6.23. The Hall–Kier alpha value is -6.52. The highest BCUT2D eigenvalue weighted by atomic mass is 32.2. The third-order valence-electron chi connectivity index (χ3n) is 9.20. The number of fused-ring (bicyclic) bond motifs is 2. The predicted octanol–water partition coefficient (Wildman–Crippen LogP) is 1.38. The van der Waals surface area contributed by atoms with Crippen molar-refractivity contribution in [1.82, 2.24) is 57.7 Å². The van der Waals surface area contributed by atoms with Crippen LogP contribution in [0.25, 0.3) is 0 Å². The highest BCUT2D eigenvalue weighted by Crippen LogP contribution is 2.29. The molecular weight excluding hydrogens is 883 g/mol.